The van der Waals surface area contributed by atoms with Gasteiger partial charge < -0.3 is 0 Å². The predicted octanol–water partition coefficient (Wildman–Crippen LogP) is 7.56. The number of rotatable bonds is 1. The summed E-state index contributed by atoms with van der Waals surface area (Å²) >= 11 is 0. The van der Waals surface area contributed by atoms with Crippen LogP contribution in [-0.4, -0.2) is 0 Å². The maximum Gasteiger partial charge on any atom is -0.00851 e. The van der Waals surface area contributed by atoms with Crippen molar-refractivity contribution in [3.05, 3.63) is 23.3 Å². The van der Waals surface area contributed by atoms with Crippen LogP contribution < -0.4 is 0 Å². The third-order valence-electron chi connectivity index (χ3n) is 9.05. The molecule has 4 aliphatic rings. The van der Waals surface area contributed by atoms with Crippen LogP contribution in [0.1, 0.15) is 92.9 Å². The smallest absolute Gasteiger partial charge is 0.00851 e. The Labute approximate surface area is 156 Å². The highest BCUT2D eigenvalue weighted by molar-refractivity contribution is 5.28. The second-order valence-electron chi connectivity index (χ2n) is 11.7. The molecule has 0 amide bonds. The lowest BCUT2D eigenvalue weighted by molar-refractivity contribution is -0.0312. The maximum atomic E-state index is 2.76. The van der Waals surface area contributed by atoms with Gasteiger partial charge in [-0.25, -0.2) is 0 Å². The van der Waals surface area contributed by atoms with E-state index in [1.165, 1.54) is 51.4 Å². The van der Waals surface area contributed by atoms with Crippen molar-refractivity contribution in [2.24, 2.45) is 39.9 Å². The maximum absolute atomic E-state index is 2.76. The van der Waals surface area contributed by atoms with Gasteiger partial charge in [0.2, 0.25) is 0 Å². The van der Waals surface area contributed by atoms with Gasteiger partial charge in [-0.3, -0.25) is 0 Å². The first kappa shape index (κ1) is 17.9. The minimum Gasteiger partial charge on any atom is -0.0847 e. The third-order valence-corrected chi connectivity index (χ3v) is 9.05. The summed E-state index contributed by atoms with van der Waals surface area (Å²) in [7, 11) is 0. The van der Waals surface area contributed by atoms with Gasteiger partial charge in [0.1, 0.15) is 0 Å². The van der Waals surface area contributed by atoms with Crippen LogP contribution in [0.4, 0.5) is 0 Å². The average molecular weight is 341 g/mol. The Morgan fingerprint density at radius 1 is 1.00 bits per heavy atom. The summed E-state index contributed by atoms with van der Waals surface area (Å²) in [4.78, 5) is 0. The first-order valence-corrected chi connectivity index (χ1v) is 11.0. The highest BCUT2D eigenvalue weighted by Gasteiger charge is 2.56. The molecule has 6 atom stereocenters. The first-order valence-electron chi connectivity index (χ1n) is 11.0. The van der Waals surface area contributed by atoms with Crippen LogP contribution in [0.3, 0.4) is 0 Å². The van der Waals surface area contributed by atoms with E-state index in [0.29, 0.717) is 16.2 Å². The van der Waals surface area contributed by atoms with E-state index in [4.69, 9.17) is 0 Å². The van der Waals surface area contributed by atoms with E-state index < -0.39 is 0 Å². The number of hydrogen-bond acceptors (Lipinski definition) is 0. The fourth-order valence-corrected chi connectivity index (χ4v) is 7.53. The van der Waals surface area contributed by atoms with Crippen LogP contribution in [0.25, 0.3) is 0 Å². The minimum atomic E-state index is 0.465. The zero-order valence-electron chi connectivity index (χ0n) is 17.6. The van der Waals surface area contributed by atoms with Gasteiger partial charge in [-0.2, -0.15) is 0 Å². The molecule has 2 saturated carbocycles. The van der Waals surface area contributed by atoms with Crippen molar-refractivity contribution in [1.82, 2.24) is 0 Å². The van der Waals surface area contributed by atoms with Gasteiger partial charge in [0.25, 0.3) is 0 Å². The van der Waals surface area contributed by atoms with Crippen LogP contribution in [-0.2, 0) is 0 Å². The lowest BCUT2D eigenvalue weighted by Gasteiger charge is -2.58. The quantitative estimate of drug-likeness (QED) is 0.432. The Morgan fingerprint density at radius 2 is 1.72 bits per heavy atom. The van der Waals surface area contributed by atoms with Crippen LogP contribution in [0.5, 0.6) is 0 Å². The monoisotopic (exact) mass is 340 g/mol. The van der Waals surface area contributed by atoms with Crippen molar-refractivity contribution in [2.45, 2.75) is 92.9 Å². The Hall–Kier alpha value is -0.520. The average Bonchev–Trinajstić information content (AvgIpc) is 2.82. The summed E-state index contributed by atoms with van der Waals surface area (Å²) in [6, 6.07) is 0. The summed E-state index contributed by atoms with van der Waals surface area (Å²) in [5.41, 5.74) is 5.08. The largest absolute Gasteiger partial charge is 0.0847 e. The van der Waals surface area contributed by atoms with E-state index in [1.807, 2.05) is 5.57 Å². The molecule has 4 rings (SSSR count). The molecule has 2 fully saturated rings. The molecule has 25 heavy (non-hydrogen) atoms. The van der Waals surface area contributed by atoms with Crippen molar-refractivity contribution in [3.8, 4) is 0 Å². The summed E-state index contributed by atoms with van der Waals surface area (Å²) in [6.45, 7) is 14.9. The summed E-state index contributed by atoms with van der Waals surface area (Å²) in [6.07, 6.45) is 16.7. The molecule has 0 aromatic rings. The molecule has 0 nitrogen and oxygen atoms in total. The summed E-state index contributed by atoms with van der Waals surface area (Å²) in [5.74, 6) is 3.72. The van der Waals surface area contributed by atoms with Crippen molar-refractivity contribution in [2.75, 3.05) is 0 Å². The third kappa shape index (κ3) is 2.78. The lowest BCUT2D eigenvalue weighted by atomic mass is 9.46. The SMILES string of the molecule is CC1=CCC2C3CCC4=C[C@@H](CC(C)(C)C)CCC4(C)C3CCC12C. The van der Waals surface area contributed by atoms with Crippen LogP contribution in [0.2, 0.25) is 0 Å². The summed E-state index contributed by atoms with van der Waals surface area (Å²) < 4.78 is 0. The van der Waals surface area contributed by atoms with E-state index in [2.05, 4.69) is 53.7 Å². The standard InChI is InChI=1S/C25H40/c1-17-7-10-21-20-9-8-19-15-18(16-23(2,3)4)11-13-25(19,6)22(20)12-14-24(17,21)5/h7,15,18,20-22H,8-14,16H2,1-6H3/t18-,20?,21?,22?,24?,25?/m0/s1. The molecule has 0 spiro atoms. The molecule has 0 aliphatic heterocycles. The van der Waals surface area contributed by atoms with Gasteiger partial charge in [0, 0.05) is 0 Å². The Kier molecular flexibility index (Phi) is 4.10. The van der Waals surface area contributed by atoms with Crippen LogP contribution in [0.15, 0.2) is 23.3 Å². The second-order valence-corrected chi connectivity index (χ2v) is 11.7. The first-order chi connectivity index (χ1) is 11.6. The van der Waals surface area contributed by atoms with Crippen LogP contribution >= 0.6 is 0 Å². The molecular weight excluding hydrogens is 300 g/mol. The Morgan fingerprint density at radius 3 is 2.44 bits per heavy atom. The molecule has 0 heterocycles. The number of fused-ring (bicyclic) bond motifs is 5. The minimum absolute atomic E-state index is 0.465. The fourth-order valence-electron chi connectivity index (χ4n) is 7.53. The molecule has 4 aliphatic carbocycles. The molecule has 140 valence electrons. The molecule has 0 aromatic heterocycles. The van der Waals surface area contributed by atoms with E-state index in [0.717, 1.165) is 23.7 Å². The lowest BCUT2D eigenvalue weighted by Crippen LogP contribution is -2.49. The Balaban J connectivity index is 1.58. The van der Waals surface area contributed by atoms with Gasteiger partial charge in [0.05, 0.1) is 0 Å². The Bertz CT molecular complexity index is 600. The molecule has 0 bridgehead atoms. The van der Waals surface area contributed by atoms with Crippen molar-refractivity contribution in [1.29, 1.82) is 0 Å². The van der Waals surface area contributed by atoms with Crippen LogP contribution in [0, 0.1) is 39.9 Å². The number of hydrogen-bond donors (Lipinski definition) is 0. The normalized spacial score (nSPS) is 46.6. The molecule has 0 aromatic carbocycles. The highest BCUT2D eigenvalue weighted by atomic mass is 14.6. The molecule has 0 N–H and O–H groups in total. The van der Waals surface area contributed by atoms with Crippen molar-refractivity contribution >= 4 is 0 Å². The van der Waals surface area contributed by atoms with E-state index >= 15 is 0 Å². The van der Waals surface area contributed by atoms with E-state index in [-0.39, 0.29) is 0 Å². The van der Waals surface area contributed by atoms with Crippen molar-refractivity contribution in [3.63, 3.8) is 0 Å². The van der Waals surface area contributed by atoms with Crippen molar-refractivity contribution < 1.29 is 0 Å². The second kappa shape index (κ2) is 5.74. The van der Waals surface area contributed by atoms with E-state index in [1.54, 1.807) is 5.57 Å². The van der Waals surface area contributed by atoms with Gasteiger partial charge in [-0.15, -0.1) is 0 Å². The zero-order valence-corrected chi connectivity index (χ0v) is 17.6. The van der Waals surface area contributed by atoms with E-state index in [9.17, 15) is 0 Å². The molecule has 0 heteroatoms. The number of allylic oxidation sites excluding steroid dienone is 4. The van der Waals surface area contributed by atoms with Gasteiger partial charge >= 0.3 is 0 Å². The molecule has 0 radical (unpaired) electrons. The zero-order chi connectivity index (χ0) is 18.0. The molecule has 5 unspecified atom stereocenters. The molecule has 0 saturated heterocycles. The predicted molar refractivity (Wildman–Crippen MR) is 108 cm³/mol. The van der Waals surface area contributed by atoms with Gasteiger partial charge in [-0.1, -0.05) is 57.9 Å². The van der Waals surface area contributed by atoms with Gasteiger partial charge in [0.15, 0.2) is 0 Å². The molecular formula is C25H40. The van der Waals surface area contributed by atoms with Gasteiger partial charge in [-0.05, 0) is 98.2 Å². The fraction of sp³-hybridized carbons (Fsp3) is 0.840. The summed E-state index contributed by atoms with van der Waals surface area (Å²) in [5, 5.41) is 0. The highest BCUT2D eigenvalue weighted by Crippen LogP contribution is 2.65. The topological polar surface area (TPSA) is 0 Å².